The van der Waals surface area contributed by atoms with Crippen molar-refractivity contribution in [1.82, 2.24) is 0 Å². The summed E-state index contributed by atoms with van der Waals surface area (Å²) in [4.78, 5) is 46.5. The maximum atomic E-state index is 12.5. The van der Waals surface area contributed by atoms with E-state index in [2.05, 4.69) is 56.4 Å². The Morgan fingerprint density at radius 3 is 1.88 bits per heavy atom. The van der Waals surface area contributed by atoms with Crippen molar-refractivity contribution in [3.05, 3.63) is 60.8 Å². The zero-order chi connectivity index (χ0) is 38.4. The third kappa shape index (κ3) is 35.8. The molecule has 0 bridgehead atoms. The Hall–Kier alpha value is -2.62. The van der Waals surface area contributed by atoms with Crippen molar-refractivity contribution in [1.29, 1.82) is 0 Å². The van der Waals surface area contributed by atoms with Crippen LogP contribution >= 0.6 is 7.82 Å². The van der Waals surface area contributed by atoms with Gasteiger partial charge in [-0.15, -0.1) is 0 Å². The summed E-state index contributed by atoms with van der Waals surface area (Å²) in [5.74, 6) is -0.746. The van der Waals surface area contributed by atoms with Crippen molar-refractivity contribution in [2.45, 2.75) is 155 Å². The maximum Gasteiger partial charge on any atom is 0.472 e. The summed E-state index contributed by atoms with van der Waals surface area (Å²) in [5.41, 5.74) is 5.33. The third-order valence-corrected chi connectivity index (χ3v) is 8.85. The highest BCUT2D eigenvalue weighted by molar-refractivity contribution is 7.47. The van der Waals surface area contributed by atoms with Crippen molar-refractivity contribution in [3.8, 4) is 0 Å². The topological polar surface area (TPSA) is 151 Å². The molecule has 0 amide bonds. The Balaban J connectivity index is 4.32. The normalized spacial score (nSPS) is 13.9. The van der Waals surface area contributed by atoms with E-state index in [0.717, 1.165) is 103 Å². The number of hydrogen-bond donors (Lipinski definition) is 2. The van der Waals surface area contributed by atoms with Gasteiger partial charge < -0.3 is 20.1 Å². The van der Waals surface area contributed by atoms with Gasteiger partial charge in [-0.2, -0.15) is 0 Å². The van der Waals surface area contributed by atoms with Crippen LogP contribution in [0.3, 0.4) is 0 Å². The number of carbonyl (C=O) groups excluding carboxylic acids is 3. The smallest absolute Gasteiger partial charge is 0.462 e. The number of nitrogens with two attached hydrogens (primary N) is 1. The molecule has 1 unspecified atom stereocenters. The van der Waals surface area contributed by atoms with Gasteiger partial charge in [0.15, 0.2) is 11.9 Å². The molecule has 0 fully saturated rings. The molecule has 0 heterocycles. The fourth-order valence-corrected chi connectivity index (χ4v) is 5.69. The van der Waals surface area contributed by atoms with Crippen LogP contribution in [-0.4, -0.2) is 55.1 Å². The lowest BCUT2D eigenvalue weighted by atomic mass is 10.1. The largest absolute Gasteiger partial charge is 0.472 e. The van der Waals surface area contributed by atoms with E-state index in [4.69, 9.17) is 24.3 Å². The molecule has 0 saturated carbocycles. The van der Waals surface area contributed by atoms with Gasteiger partial charge in [-0.25, -0.2) is 4.57 Å². The van der Waals surface area contributed by atoms with Gasteiger partial charge in [-0.05, 0) is 70.3 Å². The number of carbonyl (C=O) groups is 3. The van der Waals surface area contributed by atoms with Gasteiger partial charge in [0.2, 0.25) is 0 Å². The average Bonchev–Trinajstić information content (AvgIpc) is 3.12. The minimum atomic E-state index is -4.40. The van der Waals surface area contributed by atoms with Gasteiger partial charge in [-0.3, -0.25) is 23.4 Å². The molecule has 0 radical (unpaired) electrons. The molecule has 0 saturated heterocycles. The fourth-order valence-electron chi connectivity index (χ4n) is 4.92. The molecule has 0 aromatic carbocycles. The monoisotopic (exact) mass is 751 g/mol. The SMILES string of the molecule is CC/C=C\C/C=C\C/C=C\CCCCCCCC(=O)OC[C@H](COP(=O)(O)OCCN)OC(=O)CCCCCCC/C=C\C=C\C(=O)CCCCC. The quantitative estimate of drug-likeness (QED) is 0.0158. The lowest BCUT2D eigenvalue weighted by Crippen LogP contribution is -2.29. The lowest BCUT2D eigenvalue weighted by molar-refractivity contribution is -0.161. The molecule has 11 heteroatoms. The molecule has 0 aromatic heterocycles. The van der Waals surface area contributed by atoms with E-state index in [9.17, 15) is 23.8 Å². The third-order valence-electron chi connectivity index (χ3n) is 7.86. The Morgan fingerprint density at radius 1 is 0.654 bits per heavy atom. The minimum absolute atomic E-state index is 0.0336. The zero-order valence-electron chi connectivity index (χ0n) is 32.3. The van der Waals surface area contributed by atoms with E-state index >= 15 is 0 Å². The van der Waals surface area contributed by atoms with Crippen LogP contribution in [0.15, 0.2) is 60.8 Å². The standard InChI is InChI=1S/C41H70NO9P/c1-3-5-7-8-9-10-11-12-13-14-15-18-21-24-28-32-40(44)48-36-39(37-50-52(46,47)49-35-34-42)51-41(45)33-29-25-22-19-16-17-20-23-27-31-38(43)30-26-6-4-2/h5,7,9-10,12-13,20,23,27,31,39H,3-4,6,8,11,14-19,21-22,24-26,28-30,32-37,42H2,1-2H3,(H,46,47)/b7-5-,10-9-,13-12-,23-20-,31-27+/t39-/m1/s1. The van der Waals surface area contributed by atoms with Gasteiger partial charge in [0.05, 0.1) is 13.2 Å². The number of hydrogen-bond acceptors (Lipinski definition) is 9. The van der Waals surface area contributed by atoms with Crippen LogP contribution in [0.1, 0.15) is 149 Å². The Bertz CT molecular complexity index is 1100. The lowest BCUT2D eigenvalue weighted by Gasteiger charge is -2.19. The van der Waals surface area contributed by atoms with Crippen molar-refractivity contribution in [2.75, 3.05) is 26.4 Å². The van der Waals surface area contributed by atoms with Crippen LogP contribution in [-0.2, 0) is 37.5 Å². The number of phosphoric acid groups is 1. The summed E-state index contributed by atoms with van der Waals surface area (Å²) in [5, 5.41) is 0. The summed E-state index contributed by atoms with van der Waals surface area (Å²) >= 11 is 0. The predicted molar refractivity (Wildman–Crippen MR) is 211 cm³/mol. The van der Waals surface area contributed by atoms with Crippen molar-refractivity contribution in [3.63, 3.8) is 0 Å². The van der Waals surface area contributed by atoms with Crippen LogP contribution in [0, 0.1) is 0 Å². The van der Waals surface area contributed by atoms with E-state index in [0.29, 0.717) is 19.3 Å². The van der Waals surface area contributed by atoms with Crippen molar-refractivity contribution < 1.29 is 42.4 Å². The molecule has 0 aliphatic heterocycles. The predicted octanol–water partition coefficient (Wildman–Crippen LogP) is 10.1. The van der Waals surface area contributed by atoms with Crippen molar-refractivity contribution >= 4 is 25.5 Å². The second-order valence-corrected chi connectivity index (χ2v) is 14.3. The van der Waals surface area contributed by atoms with Gasteiger partial charge in [-0.1, -0.05) is 120 Å². The number of esters is 2. The molecule has 2 atom stereocenters. The van der Waals surface area contributed by atoms with Crippen molar-refractivity contribution in [2.24, 2.45) is 5.73 Å². The molecule has 0 aliphatic rings. The van der Waals surface area contributed by atoms with E-state index in [1.165, 1.54) is 0 Å². The van der Waals surface area contributed by atoms with E-state index in [1.54, 1.807) is 6.08 Å². The number of unbranched alkanes of at least 4 members (excludes halogenated alkanes) is 12. The highest BCUT2D eigenvalue weighted by atomic mass is 31.2. The Morgan fingerprint density at radius 2 is 1.23 bits per heavy atom. The molecular formula is C41H70NO9P. The molecule has 52 heavy (non-hydrogen) atoms. The molecule has 0 aliphatic carbocycles. The Labute approximate surface area is 315 Å². The first-order valence-electron chi connectivity index (χ1n) is 19.7. The summed E-state index contributed by atoms with van der Waals surface area (Å²) in [6, 6.07) is 0. The van der Waals surface area contributed by atoms with Gasteiger partial charge in [0, 0.05) is 25.8 Å². The first-order valence-corrected chi connectivity index (χ1v) is 21.2. The molecule has 3 N–H and O–H groups in total. The molecule has 298 valence electrons. The molecule has 0 rings (SSSR count). The van der Waals surface area contributed by atoms with Crippen LogP contribution < -0.4 is 5.73 Å². The van der Waals surface area contributed by atoms with Crippen LogP contribution in [0.4, 0.5) is 0 Å². The molecular weight excluding hydrogens is 681 g/mol. The highest BCUT2D eigenvalue weighted by Crippen LogP contribution is 2.43. The highest BCUT2D eigenvalue weighted by Gasteiger charge is 2.26. The summed E-state index contributed by atoms with van der Waals surface area (Å²) in [7, 11) is -4.40. The average molecular weight is 752 g/mol. The number of ketones is 1. The fraction of sp³-hybridized carbons (Fsp3) is 0.683. The van der Waals surface area contributed by atoms with Gasteiger partial charge >= 0.3 is 19.8 Å². The van der Waals surface area contributed by atoms with Gasteiger partial charge in [0.1, 0.15) is 6.61 Å². The summed E-state index contributed by atoms with van der Waals surface area (Å²) in [6.45, 7) is 3.36. The summed E-state index contributed by atoms with van der Waals surface area (Å²) in [6.07, 6.45) is 38.0. The summed E-state index contributed by atoms with van der Waals surface area (Å²) < 4.78 is 32.6. The molecule has 0 spiro atoms. The minimum Gasteiger partial charge on any atom is -0.462 e. The number of rotatable bonds is 36. The van der Waals surface area contributed by atoms with Crippen LogP contribution in [0.5, 0.6) is 0 Å². The zero-order valence-corrected chi connectivity index (χ0v) is 33.2. The first kappa shape index (κ1) is 49.4. The number of ether oxygens (including phenoxy) is 2. The van der Waals surface area contributed by atoms with Crippen LogP contribution in [0.25, 0.3) is 0 Å². The number of phosphoric ester groups is 1. The van der Waals surface area contributed by atoms with Gasteiger partial charge in [0.25, 0.3) is 0 Å². The van der Waals surface area contributed by atoms with E-state index in [-0.39, 0.29) is 38.4 Å². The molecule has 10 nitrogen and oxygen atoms in total. The second-order valence-electron chi connectivity index (χ2n) is 12.8. The molecule has 0 aromatic rings. The first-order chi connectivity index (χ1) is 25.2. The van der Waals surface area contributed by atoms with Crippen LogP contribution in [0.2, 0.25) is 0 Å². The Kier molecular flexibility index (Phi) is 34.9. The maximum absolute atomic E-state index is 12.5. The number of allylic oxidation sites excluding steroid dienone is 10. The van der Waals surface area contributed by atoms with E-state index < -0.39 is 32.5 Å². The second kappa shape index (κ2) is 36.7. The van der Waals surface area contributed by atoms with E-state index in [1.807, 2.05) is 12.2 Å².